The number of rotatable bonds is 3. The third-order valence-corrected chi connectivity index (χ3v) is 8.09. The van der Waals surface area contributed by atoms with Gasteiger partial charge < -0.3 is 20.3 Å². The van der Waals surface area contributed by atoms with E-state index in [0.29, 0.717) is 40.5 Å². The molecule has 0 saturated carbocycles. The molecular formula is C25H22F2N6OS. The van der Waals surface area contributed by atoms with Crippen LogP contribution in [0.5, 0.6) is 0 Å². The van der Waals surface area contributed by atoms with Crippen molar-refractivity contribution >= 4 is 43.3 Å². The van der Waals surface area contributed by atoms with Crippen molar-refractivity contribution in [1.82, 2.24) is 14.9 Å². The van der Waals surface area contributed by atoms with Gasteiger partial charge in [-0.1, -0.05) is 6.07 Å². The molecule has 7 nitrogen and oxygen atoms in total. The highest BCUT2D eigenvalue weighted by Gasteiger charge is 2.30. The molecule has 0 radical (unpaired) electrons. The Bertz CT molecular complexity index is 1560. The maximum atomic E-state index is 16.4. The van der Waals surface area contributed by atoms with Crippen LogP contribution >= 0.6 is 11.3 Å². The molecule has 2 aromatic heterocycles. The molecule has 1 atom stereocenters. The Morgan fingerprint density at radius 3 is 2.80 bits per heavy atom. The summed E-state index contributed by atoms with van der Waals surface area (Å²) in [5.41, 5.74) is 8.55. The summed E-state index contributed by atoms with van der Waals surface area (Å²) >= 11 is 0.994. The normalized spacial score (nSPS) is 17.6. The molecule has 0 aliphatic carbocycles. The number of hydrogen-bond acceptors (Lipinski definition) is 8. The smallest absolute Gasteiger partial charge is 0.226 e. The summed E-state index contributed by atoms with van der Waals surface area (Å²) in [6.07, 6.45) is 2.65. The van der Waals surface area contributed by atoms with Crippen LogP contribution < -0.4 is 10.6 Å². The summed E-state index contributed by atoms with van der Waals surface area (Å²) in [6, 6.07) is 5.25. The summed E-state index contributed by atoms with van der Waals surface area (Å²) in [5, 5.41) is 10.9. The summed E-state index contributed by atoms with van der Waals surface area (Å²) < 4.78 is 37.0. The van der Waals surface area contributed by atoms with Gasteiger partial charge in [-0.2, -0.15) is 5.26 Å². The molecule has 0 spiro atoms. The van der Waals surface area contributed by atoms with Crippen LogP contribution in [0.25, 0.3) is 32.1 Å². The van der Waals surface area contributed by atoms with E-state index >= 15 is 4.39 Å². The third-order valence-electron chi connectivity index (χ3n) is 7.06. The van der Waals surface area contributed by atoms with Crippen molar-refractivity contribution in [3.63, 3.8) is 0 Å². The van der Waals surface area contributed by atoms with Crippen LogP contribution in [0.2, 0.25) is 0 Å². The van der Waals surface area contributed by atoms with Crippen LogP contribution in [0.3, 0.4) is 0 Å². The molecule has 35 heavy (non-hydrogen) atoms. The van der Waals surface area contributed by atoms with Crippen LogP contribution in [0.1, 0.15) is 23.1 Å². The lowest BCUT2D eigenvalue weighted by atomic mass is 9.91. The fraction of sp³-hybridized carbons (Fsp3) is 0.320. The summed E-state index contributed by atoms with van der Waals surface area (Å²) in [4.78, 5) is 13.5. The fourth-order valence-electron chi connectivity index (χ4n) is 5.19. The Morgan fingerprint density at radius 1 is 1.26 bits per heavy atom. The van der Waals surface area contributed by atoms with Gasteiger partial charge in [0, 0.05) is 41.7 Å². The highest BCUT2D eigenvalue weighted by atomic mass is 32.1. The lowest BCUT2D eigenvalue weighted by Crippen LogP contribution is -2.32. The van der Waals surface area contributed by atoms with Crippen LogP contribution in [0.4, 0.5) is 19.7 Å². The first-order valence-corrected chi connectivity index (χ1v) is 12.1. The number of fused-ring (bicyclic) bond motifs is 4. The number of nitrogens with zero attached hydrogens (tertiary/aromatic N) is 5. The zero-order valence-corrected chi connectivity index (χ0v) is 20.0. The summed E-state index contributed by atoms with van der Waals surface area (Å²) in [5.74, 6) is -0.546. The van der Waals surface area contributed by atoms with Gasteiger partial charge in [-0.15, -0.1) is 11.3 Å². The molecule has 4 aromatic rings. The summed E-state index contributed by atoms with van der Waals surface area (Å²) in [7, 11) is 4.08. The standard InChI is InChI=1S/C25H22F2N6OS/c1-32(2)12-5-6-33(9-12)25-30-8-15-16-10-34-11-17(16)19(21(27)22(15)31-25)13-3-4-18(26)23-20(13)14(7-28)24(29)35-23/h3-4,8,12H,5-6,9-11,29H2,1-2H3/t12-/m0/s1. The first kappa shape index (κ1) is 22.1. The van der Waals surface area contributed by atoms with Crippen LogP contribution in [0.15, 0.2) is 18.3 Å². The van der Waals surface area contributed by atoms with Crippen molar-refractivity contribution in [2.45, 2.75) is 25.7 Å². The van der Waals surface area contributed by atoms with E-state index in [4.69, 9.17) is 10.5 Å². The number of nitrogens with two attached hydrogens (primary N) is 1. The lowest BCUT2D eigenvalue weighted by Gasteiger charge is -2.21. The zero-order valence-electron chi connectivity index (χ0n) is 19.2. The van der Waals surface area contributed by atoms with Gasteiger partial charge in [0.1, 0.15) is 22.4 Å². The predicted molar refractivity (Wildman–Crippen MR) is 132 cm³/mol. The van der Waals surface area contributed by atoms with Gasteiger partial charge in [0.2, 0.25) is 5.95 Å². The Morgan fingerprint density at radius 2 is 2.06 bits per heavy atom. The highest BCUT2D eigenvalue weighted by Crippen LogP contribution is 2.46. The minimum atomic E-state index is -0.530. The number of aromatic nitrogens is 2. The third kappa shape index (κ3) is 3.26. The molecule has 2 aromatic carbocycles. The fourth-order valence-corrected chi connectivity index (χ4v) is 6.14. The van der Waals surface area contributed by atoms with E-state index in [1.807, 2.05) is 14.1 Å². The molecule has 10 heteroatoms. The maximum Gasteiger partial charge on any atom is 0.226 e. The van der Waals surface area contributed by atoms with Crippen molar-refractivity contribution in [3.8, 4) is 17.2 Å². The number of ether oxygens (including phenoxy) is 1. The van der Waals surface area contributed by atoms with Gasteiger partial charge in [-0.25, -0.2) is 18.7 Å². The summed E-state index contributed by atoms with van der Waals surface area (Å²) in [6.45, 7) is 2.06. The van der Waals surface area contributed by atoms with E-state index in [0.717, 1.165) is 36.4 Å². The molecule has 2 N–H and O–H groups in total. The number of benzene rings is 2. The Balaban J connectivity index is 1.60. The van der Waals surface area contributed by atoms with Crippen LogP contribution in [-0.2, 0) is 18.0 Å². The average Bonchev–Trinajstić information content (AvgIpc) is 3.59. The van der Waals surface area contributed by atoms with E-state index in [-0.39, 0.29) is 33.0 Å². The molecule has 0 amide bonds. The number of thiophene rings is 1. The molecule has 2 aliphatic rings. The molecule has 2 aliphatic heterocycles. The average molecular weight is 493 g/mol. The Kier molecular flexibility index (Phi) is 5.11. The minimum Gasteiger partial charge on any atom is -0.389 e. The van der Waals surface area contributed by atoms with Crippen molar-refractivity contribution in [2.75, 3.05) is 37.8 Å². The second kappa shape index (κ2) is 8.09. The van der Waals surface area contributed by atoms with Gasteiger partial charge in [0.25, 0.3) is 0 Å². The molecule has 6 rings (SSSR count). The number of anilines is 2. The van der Waals surface area contributed by atoms with E-state index in [9.17, 15) is 9.65 Å². The first-order chi connectivity index (χ1) is 16.9. The number of hydrogen-bond donors (Lipinski definition) is 1. The number of halogens is 2. The molecule has 0 unspecified atom stereocenters. The van der Waals surface area contributed by atoms with E-state index in [1.165, 1.54) is 12.1 Å². The number of nitriles is 1. The second-order valence-electron chi connectivity index (χ2n) is 9.18. The lowest BCUT2D eigenvalue weighted by molar-refractivity contribution is 0.135. The first-order valence-electron chi connectivity index (χ1n) is 11.3. The van der Waals surface area contributed by atoms with Crippen molar-refractivity contribution in [3.05, 3.63) is 46.7 Å². The monoisotopic (exact) mass is 492 g/mol. The zero-order chi connectivity index (χ0) is 24.4. The topological polar surface area (TPSA) is 91.3 Å². The van der Waals surface area contributed by atoms with Gasteiger partial charge >= 0.3 is 0 Å². The van der Waals surface area contributed by atoms with Gasteiger partial charge in [-0.3, -0.25) is 0 Å². The molecule has 1 saturated heterocycles. The number of likely N-dealkylation sites (N-methyl/N-ethyl adjacent to an activating group) is 1. The van der Waals surface area contributed by atoms with E-state index < -0.39 is 11.6 Å². The van der Waals surface area contributed by atoms with Gasteiger partial charge in [-0.05, 0) is 43.3 Å². The maximum absolute atomic E-state index is 16.4. The Hall–Kier alpha value is -3.39. The van der Waals surface area contributed by atoms with Crippen molar-refractivity contribution < 1.29 is 13.5 Å². The van der Waals surface area contributed by atoms with E-state index in [2.05, 4.69) is 25.8 Å². The molecule has 0 bridgehead atoms. The Labute approximate surface area is 204 Å². The molecule has 4 heterocycles. The number of nitrogen functional groups attached to an aromatic ring is 1. The molecule has 1 fully saturated rings. The molecular weight excluding hydrogens is 470 g/mol. The largest absolute Gasteiger partial charge is 0.389 e. The van der Waals surface area contributed by atoms with Gasteiger partial charge in [0.15, 0.2) is 5.82 Å². The minimum absolute atomic E-state index is 0.154. The van der Waals surface area contributed by atoms with Gasteiger partial charge in [0.05, 0.1) is 23.5 Å². The van der Waals surface area contributed by atoms with Crippen molar-refractivity contribution in [1.29, 1.82) is 5.26 Å². The van der Waals surface area contributed by atoms with Crippen molar-refractivity contribution in [2.24, 2.45) is 0 Å². The van der Waals surface area contributed by atoms with Crippen LogP contribution in [-0.4, -0.2) is 48.1 Å². The quantitative estimate of drug-likeness (QED) is 0.453. The van der Waals surface area contributed by atoms with E-state index in [1.54, 1.807) is 6.20 Å². The molecule has 178 valence electrons. The highest BCUT2D eigenvalue weighted by molar-refractivity contribution is 7.23. The predicted octanol–water partition coefficient (Wildman–Crippen LogP) is 4.41. The second-order valence-corrected chi connectivity index (χ2v) is 10.2. The van der Waals surface area contributed by atoms with Crippen LogP contribution in [0, 0.1) is 23.0 Å². The SMILES string of the molecule is CN(C)[C@H]1CCN(c2ncc3c4c(c(-c5ccc(F)c6sc(N)c(C#N)c56)c(F)c3n2)COC4)C1.